The molecule has 2 amide bonds. The maximum absolute atomic E-state index is 12.2. The van der Waals surface area contributed by atoms with Gasteiger partial charge in [-0.25, -0.2) is 5.01 Å². The summed E-state index contributed by atoms with van der Waals surface area (Å²) in [5.41, 5.74) is 1.86. The first-order valence-electron chi connectivity index (χ1n) is 7.96. The number of fused-ring (bicyclic) bond motifs is 1. The number of nitrogens with one attached hydrogen (secondary N) is 1. The maximum Gasteiger partial charge on any atom is 0.267 e. The number of hydrogen-bond acceptors (Lipinski definition) is 5. The molecule has 1 unspecified atom stereocenters. The summed E-state index contributed by atoms with van der Waals surface area (Å²) in [5.74, 6) is -0.209. The summed E-state index contributed by atoms with van der Waals surface area (Å²) >= 11 is 1.83. The van der Waals surface area contributed by atoms with Crippen LogP contribution in [0.2, 0.25) is 0 Å². The second-order valence-corrected chi connectivity index (χ2v) is 7.11. The smallest absolute Gasteiger partial charge is 0.267 e. The number of rotatable bonds is 4. The highest BCUT2D eigenvalue weighted by molar-refractivity contribution is 7.10. The monoisotopic (exact) mass is 334 g/mol. The van der Waals surface area contributed by atoms with Crippen LogP contribution in [0.4, 0.5) is 0 Å². The van der Waals surface area contributed by atoms with Crippen LogP contribution in [-0.2, 0) is 22.6 Å². The van der Waals surface area contributed by atoms with Crippen LogP contribution in [0.25, 0.3) is 0 Å². The zero-order valence-electron chi connectivity index (χ0n) is 13.5. The number of hydrogen-bond donors (Lipinski definition) is 1. The molecule has 0 saturated heterocycles. The first kappa shape index (κ1) is 16.1. The molecule has 1 N–H and O–H groups in total. The molecule has 0 fully saturated rings. The number of nitrogens with zero attached hydrogens (tertiary/aromatic N) is 3. The van der Waals surface area contributed by atoms with Gasteiger partial charge >= 0.3 is 0 Å². The van der Waals surface area contributed by atoms with Gasteiger partial charge in [-0.1, -0.05) is 0 Å². The van der Waals surface area contributed by atoms with Crippen molar-refractivity contribution in [2.24, 2.45) is 5.10 Å². The van der Waals surface area contributed by atoms with E-state index in [4.69, 9.17) is 0 Å². The predicted octanol–water partition coefficient (Wildman–Crippen LogP) is 1.22. The first-order chi connectivity index (χ1) is 11.0. The van der Waals surface area contributed by atoms with Gasteiger partial charge in [-0.15, -0.1) is 11.3 Å². The maximum atomic E-state index is 12.2. The SMILES string of the molecule is CC(CNC(=O)C1=NN(C)C(=O)CC1)N1CCc2sccc2C1. The Labute approximate surface area is 140 Å². The Hall–Kier alpha value is -1.73. The largest absolute Gasteiger partial charge is 0.349 e. The van der Waals surface area contributed by atoms with Gasteiger partial charge in [-0.3, -0.25) is 14.5 Å². The van der Waals surface area contributed by atoms with Crippen molar-refractivity contribution < 1.29 is 9.59 Å². The van der Waals surface area contributed by atoms with Crippen LogP contribution in [0.1, 0.15) is 30.2 Å². The fourth-order valence-corrected chi connectivity index (χ4v) is 3.84. The lowest BCUT2D eigenvalue weighted by Crippen LogP contribution is -2.46. The van der Waals surface area contributed by atoms with Crippen molar-refractivity contribution in [1.82, 2.24) is 15.2 Å². The van der Waals surface area contributed by atoms with Crippen molar-refractivity contribution in [2.45, 2.75) is 38.8 Å². The zero-order chi connectivity index (χ0) is 16.4. The van der Waals surface area contributed by atoms with Gasteiger partial charge in [0.15, 0.2) is 0 Å². The Morgan fingerprint density at radius 2 is 2.26 bits per heavy atom. The Morgan fingerprint density at radius 1 is 1.43 bits per heavy atom. The quantitative estimate of drug-likeness (QED) is 0.900. The van der Waals surface area contributed by atoms with E-state index < -0.39 is 0 Å². The molecule has 2 aliphatic rings. The molecular weight excluding hydrogens is 312 g/mol. The molecule has 6 nitrogen and oxygen atoms in total. The van der Waals surface area contributed by atoms with Crippen LogP contribution in [-0.4, -0.2) is 53.6 Å². The van der Waals surface area contributed by atoms with Crippen LogP contribution in [0.5, 0.6) is 0 Å². The lowest BCUT2D eigenvalue weighted by atomic mass is 10.1. The number of carbonyl (C=O) groups is 2. The average Bonchev–Trinajstić information content (AvgIpc) is 3.02. The summed E-state index contributed by atoms with van der Waals surface area (Å²) in [6, 6.07) is 2.47. The third-order valence-corrected chi connectivity index (χ3v) is 5.51. The predicted molar refractivity (Wildman–Crippen MR) is 90.3 cm³/mol. The molecule has 1 atom stereocenters. The minimum absolute atomic E-state index is 0.0465. The van der Waals surface area contributed by atoms with Gasteiger partial charge < -0.3 is 5.32 Å². The van der Waals surface area contributed by atoms with Crippen molar-refractivity contribution in [2.75, 3.05) is 20.1 Å². The van der Waals surface area contributed by atoms with Crippen LogP contribution in [0.15, 0.2) is 16.5 Å². The number of carbonyl (C=O) groups excluding carboxylic acids is 2. The number of amides is 2. The van der Waals surface area contributed by atoms with Gasteiger partial charge in [0.1, 0.15) is 5.71 Å². The molecule has 1 aromatic rings. The van der Waals surface area contributed by atoms with E-state index in [0.29, 0.717) is 25.1 Å². The highest BCUT2D eigenvalue weighted by atomic mass is 32.1. The molecule has 7 heteroatoms. The van der Waals surface area contributed by atoms with E-state index in [2.05, 4.69) is 33.7 Å². The highest BCUT2D eigenvalue weighted by Crippen LogP contribution is 2.24. The van der Waals surface area contributed by atoms with Gasteiger partial charge in [0, 0.05) is 50.4 Å². The molecule has 23 heavy (non-hydrogen) atoms. The van der Waals surface area contributed by atoms with E-state index in [1.807, 2.05) is 11.3 Å². The van der Waals surface area contributed by atoms with E-state index in [-0.39, 0.29) is 17.9 Å². The molecule has 0 radical (unpaired) electrons. The molecular formula is C16H22N4O2S. The van der Waals surface area contributed by atoms with Crippen LogP contribution >= 0.6 is 11.3 Å². The normalized spacial score (nSPS) is 20.0. The van der Waals surface area contributed by atoms with Gasteiger partial charge in [-0.05, 0) is 30.4 Å². The molecule has 0 aliphatic carbocycles. The van der Waals surface area contributed by atoms with Crippen molar-refractivity contribution in [3.63, 3.8) is 0 Å². The third-order valence-electron chi connectivity index (χ3n) is 4.49. The van der Waals surface area contributed by atoms with Crippen LogP contribution < -0.4 is 5.32 Å². The average molecular weight is 334 g/mol. The Bertz CT molecular complexity index is 640. The van der Waals surface area contributed by atoms with Crippen LogP contribution in [0, 0.1) is 0 Å². The minimum Gasteiger partial charge on any atom is -0.349 e. The van der Waals surface area contributed by atoms with Crippen molar-refractivity contribution in [1.29, 1.82) is 0 Å². The second kappa shape index (κ2) is 6.80. The summed E-state index contributed by atoms with van der Waals surface area (Å²) in [5, 5.41) is 10.4. The molecule has 3 heterocycles. The standard InChI is InChI=1S/C16H22N4O2S/c1-11(20-7-5-14-12(10-20)6-8-23-14)9-17-16(22)13-3-4-15(21)19(2)18-13/h6,8,11H,3-5,7,9-10H2,1-2H3,(H,17,22). The Morgan fingerprint density at radius 3 is 3.04 bits per heavy atom. The van der Waals surface area contributed by atoms with Gasteiger partial charge in [-0.2, -0.15) is 5.10 Å². The fraction of sp³-hybridized carbons (Fsp3) is 0.562. The molecule has 124 valence electrons. The summed E-state index contributed by atoms with van der Waals surface area (Å²) in [7, 11) is 1.59. The molecule has 0 aromatic carbocycles. The van der Waals surface area contributed by atoms with Gasteiger partial charge in [0.25, 0.3) is 5.91 Å². The number of hydrazone groups is 1. The van der Waals surface area contributed by atoms with Gasteiger partial charge in [0.2, 0.25) is 5.91 Å². The summed E-state index contributed by atoms with van der Waals surface area (Å²) in [6.45, 7) is 4.71. The lowest BCUT2D eigenvalue weighted by molar-refractivity contribution is -0.130. The summed E-state index contributed by atoms with van der Waals surface area (Å²) < 4.78 is 0. The molecule has 0 saturated carbocycles. The first-order valence-corrected chi connectivity index (χ1v) is 8.84. The molecule has 1 aromatic heterocycles. The highest BCUT2D eigenvalue weighted by Gasteiger charge is 2.24. The zero-order valence-corrected chi connectivity index (χ0v) is 14.4. The van der Waals surface area contributed by atoms with Crippen molar-refractivity contribution in [3.8, 4) is 0 Å². The fourth-order valence-electron chi connectivity index (χ4n) is 2.95. The summed E-state index contributed by atoms with van der Waals surface area (Å²) in [4.78, 5) is 27.5. The topological polar surface area (TPSA) is 65.0 Å². The second-order valence-electron chi connectivity index (χ2n) is 6.11. The molecule has 2 aliphatic heterocycles. The van der Waals surface area contributed by atoms with E-state index in [9.17, 15) is 9.59 Å². The molecule has 3 rings (SSSR count). The van der Waals surface area contributed by atoms with E-state index in [1.54, 1.807) is 7.05 Å². The van der Waals surface area contributed by atoms with E-state index in [1.165, 1.54) is 15.4 Å². The minimum atomic E-state index is -0.163. The number of thiophene rings is 1. The lowest BCUT2D eigenvalue weighted by Gasteiger charge is -2.32. The van der Waals surface area contributed by atoms with Gasteiger partial charge in [0.05, 0.1) is 0 Å². The van der Waals surface area contributed by atoms with E-state index in [0.717, 1.165) is 19.5 Å². The Balaban J connectivity index is 1.51. The Kier molecular flexibility index (Phi) is 4.77. The third kappa shape index (κ3) is 3.61. The van der Waals surface area contributed by atoms with Crippen molar-refractivity contribution >= 4 is 28.9 Å². The van der Waals surface area contributed by atoms with Crippen molar-refractivity contribution in [3.05, 3.63) is 21.9 Å². The molecule has 0 bridgehead atoms. The van der Waals surface area contributed by atoms with E-state index >= 15 is 0 Å². The summed E-state index contributed by atoms with van der Waals surface area (Å²) in [6.07, 6.45) is 1.86. The molecule has 0 spiro atoms. The van der Waals surface area contributed by atoms with Crippen LogP contribution in [0.3, 0.4) is 0 Å².